The summed E-state index contributed by atoms with van der Waals surface area (Å²) in [5.74, 6) is -4.30. The van der Waals surface area contributed by atoms with E-state index in [0.717, 1.165) is 0 Å². The van der Waals surface area contributed by atoms with Crippen LogP contribution in [-0.2, 0) is 24.0 Å². The number of rotatable bonds is 16. The summed E-state index contributed by atoms with van der Waals surface area (Å²) in [5.41, 5.74) is 5.64. The summed E-state index contributed by atoms with van der Waals surface area (Å²) in [6.07, 6.45) is 1.87. The molecule has 11 nitrogen and oxygen atoms in total. The quantitative estimate of drug-likeness (QED) is 0.138. The van der Waals surface area contributed by atoms with E-state index in [1.165, 1.54) is 11.8 Å². The predicted molar refractivity (Wildman–Crippen MR) is 125 cm³/mol. The number of nitrogens with two attached hydrogens (primary N) is 1. The molecule has 0 aliphatic heterocycles. The number of carbonyl (C=O) groups excluding carboxylic acids is 3. The Kier molecular flexibility index (Phi) is 14.8. The van der Waals surface area contributed by atoms with Crippen molar-refractivity contribution in [3.8, 4) is 0 Å². The van der Waals surface area contributed by atoms with E-state index in [4.69, 9.17) is 10.8 Å². The van der Waals surface area contributed by atoms with E-state index in [1.807, 2.05) is 6.26 Å². The summed E-state index contributed by atoms with van der Waals surface area (Å²) in [4.78, 5) is 60.2. The Morgan fingerprint density at radius 1 is 0.969 bits per heavy atom. The highest BCUT2D eigenvalue weighted by atomic mass is 32.2. The van der Waals surface area contributed by atoms with Crippen molar-refractivity contribution in [2.45, 2.75) is 63.7 Å². The van der Waals surface area contributed by atoms with Crippen molar-refractivity contribution in [1.82, 2.24) is 16.0 Å². The van der Waals surface area contributed by atoms with E-state index in [2.05, 4.69) is 28.6 Å². The van der Waals surface area contributed by atoms with Gasteiger partial charge in [0.1, 0.15) is 18.1 Å². The molecular formula is C19H34N4O7S2. The lowest BCUT2D eigenvalue weighted by Crippen LogP contribution is -2.58. The van der Waals surface area contributed by atoms with Crippen molar-refractivity contribution >= 4 is 54.1 Å². The van der Waals surface area contributed by atoms with Crippen LogP contribution >= 0.6 is 24.4 Å². The molecule has 0 aliphatic carbocycles. The van der Waals surface area contributed by atoms with Crippen LogP contribution in [0.2, 0.25) is 0 Å². The molecule has 0 rings (SSSR count). The lowest BCUT2D eigenvalue weighted by atomic mass is 9.98. The van der Waals surface area contributed by atoms with E-state index in [1.54, 1.807) is 13.8 Å². The molecule has 0 spiro atoms. The van der Waals surface area contributed by atoms with Crippen LogP contribution in [0.1, 0.15) is 39.5 Å². The second-order valence-corrected chi connectivity index (χ2v) is 8.69. The third-order valence-corrected chi connectivity index (χ3v) is 5.87. The van der Waals surface area contributed by atoms with Gasteiger partial charge in [-0.05, 0) is 30.8 Å². The maximum atomic E-state index is 12.8. The van der Waals surface area contributed by atoms with Crippen LogP contribution in [0, 0.1) is 5.92 Å². The molecule has 5 atom stereocenters. The number of carbonyl (C=O) groups is 5. The Labute approximate surface area is 197 Å². The normalized spacial score (nSPS) is 15.5. The third-order valence-electron chi connectivity index (χ3n) is 4.83. The lowest BCUT2D eigenvalue weighted by Gasteiger charge is -2.26. The van der Waals surface area contributed by atoms with Gasteiger partial charge in [-0.3, -0.25) is 19.2 Å². The van der Waals surface area contributed by atoms with E-state index in [9.17, 15) is 29.1 Å². The molecular weight excluding hydrogens is 460 g/mol. The Morgan fingerprint density at radius 3 is 1.97 bits per heavy atom. The van der Waals surface area contributed by atoms with Crippen LogP contribution in [-0.4, -0.2) is 81.8 Å². The Bertz CT molecular complexity index is 666. The predicted octanol–water partition coefficient (Wildman–Crippen LogP) is -0.553. The summed E-state index contributed by atoms with van der Waals surface area (Å²) in [6.45, 7) is 3.42. The standard InChI is InChI=1S/C19H34N4O7S2/c1-4-10(2)15(19(29)30)23-18(28)12(5-6-14(24)25)22-17(27)13(7-8-32-3)21-16(26)11(20)9-31/h10-13,15,31H,4-9,20H2,1-3H3,(H,21,26)(H,22,27)(H,23,28)(H,24,25)(H,29,30). The molecule has 0 aromatic rings. The molecule has 0 radical (unpaired) electrons. The molecule has 32 heavy (non-hydrogen) atoms. The first-order chi connectivity index (χ1) is 15.0. The highest BCUT2D eigenvalue weighted by Crippen LogP contribution is 2.10. The average Bonchev–Trinajstić information content (AvgIpc) is 2.75. The first-order valence-corrected chi connectivity index (χ1v) is 12.2. The number of carboxylic acid groups (broad SMARTS) is 2. The maximum Gasteiger partial charge on any atom is 0.326 e. The molecule has 184 valence electrons. The first-order valence-electron chi connectivity index (χ1n) is 10.2. The lowest BCUT2D eigenvalue weighted by molar-refractivity contribution is -0.144. The van der Waals surface area contributed by atoms with Crippen LogP contribution in [0.4, 0.5) is 0 Å². The minimum Gasteiger partial charge on any atom is -0.481 e. The minimum absolute atomic E-state index is 0.0680. The summed E-state index contributed by atoms with van der Waals surface area (Å²) in [7, 11) is 0. The number of carboxylic acids is 2. The van der Waals surface area contributed by atoms with Gasteiger partial charge in [0.05, 0.1) is 6.04 Å². The van der Waals surface area contributed by atoms with Gasteiger partial charge in [0.2, 0.25) is 17.7 Å². The van der Waals surface area contributed by atoms with Gasteiger partial charge in [0.15, 0.2) is 0 Å². The summed E-state index contributed by atoms with van der Waals surface area (Å²) >= 11 is 5.40. The topological polar surface area (TPSA) is 188 Å². The zero-order valence-corrected chi connectivity index (χ0v) is 20.2. The van der Waals surface area contributed by atoms with Gasteiger partial charge in [-0.1, -0.05) is 20.3 Å². The Hall–Kier alpha value is -1.99. The zero-order chi connectivity index (χ0) is 24.8. The third kappa shape index (κ3) is 11.0. The van der Waals surface area contributed by atoms with E-state index in [-0.39, 0.29) is 24.5 Å². The molecule has 0 fully saturated rings. The van der Waals surface area contributed by atoms with Crippen LogP contribution in [0.25, 0.3) is 0 Å². The number of nitrogens with one attached hydrogen (secondary N) is 3. The number of thiol groups is 1. The molecule has 0 aromatic heterocycles. The van der Waals surface area contributed by atoms with Gasteiger partial charge in [-0.2, -0.15) is 24.4 Å². The van der Waals surface area contributed by atoms with E-state index in [0.29, 0.717) is 12.2 Å². The molecule has 0 heterocycles. The van der Waals surface area contributed by atoms with Crippen LogP contribution < -0.4 is 21.7 Å². The average molecular weight is 495 g/mol. The molecule has 3 amide bonds. The Balaban J connectivity index is 5.53. The number of thioether (sulfide) groups is 1. The summed E-state index contributed by atoms with van der Waals surface area (Å²) < 4.78 is 0. The Morgan fingerprint density at radius 2 is 1.50 bits per heavy atom. The molecule has 0 saturated carbocycles. The van der Waals surface area contributed by atoms with Gasteiger partial charge >= 0.3 is 11.9 Å². The summed E-state index contributed by atoms with van der Waals surface area (Å²) in [5, 5.41) is 25.7. The van der Waals surface area contributed by atoms with Crippen molar-refractivity contribution in [1.29, 1.82) is 0 Å². The van der Waals surface area contributed by atoms with Crippen LogP contribution in [0.5, 0.6) is 0 Å². The van der Waals surface area contributed by atoms with Crippen molar-refractivity contribution in [3.05, 3.63) is 0 Å². The first kappa shape index (κ1) is 30.0. The molecule has 0 bridgehead atoms. The smallest absolute Gasteiger partial charge is 0.326 e. The highest BCUT2D eigenvalue weighted by Gasteiger charge is 2.32. The van der Waals surface area contributed by atoms with Gasteiger partial charge in [-0.15, -0.1) is 0 Å². The van der Waals surface area contributed by atoms with Gasteiger partial charge < -0.3 is 31.9 Å². The van der Waals surface area contributed by atoms with Crippen molar-refractivity contribution in [2.24, 2.45) is 11.7 Å². The van der Waals surface area contributed by atoms with Crippen LogP contribution in [0.15, 0.2) is 0 Å². The molecule has 7 N–H and O–H groups in total. The molecule has 0 aromatic carbocycles. The maximum absolute atomic E-state index is 12.8. The van der Waals surface area contributed by atoms with Crippen molar-refractivity contribution in [3.63, 3.8) is 0 Å². The fraction of sp³-hybridized carbons (Fsp3) is 0.737. The molecule has 0 aliphatic rings. The van der Waals surface area contributed by atoms with E-state index >= 15 is 0 Å². The fourth-order valence-corrected chi connectivity index (χ4v) is 3.25. The number of amides is 3. The minimum atomic E-state index is -1.29. The van der Waals surface area contributed by atoms with Gasteiger partial charge in [-0.25, -0.2) is 4.79 Å². The van der Waals surface area contributed by atoms with E-state index < -0.39 is 60.2 Å². The number of hydrogen-bond donors (Lipinski definition) is 7. The van der Waals surface area contributed by atoms with Crippen LogP contribution in [0.3, 0.4) is 0 Å². The molecule has 0 saturated heterocycles. The highest BCUT2D eigenvalue weighted by molar-refractivity contribution is 7.98. The fourth-order valence-electron chi connectivity index (χ4n) is 2.61. The SMILES string of the molecule is CCC(C)C(NC(=O)C(CCC(=O)O)NC(=O)C(CCSC)NC(=O)C(N)CS)C(=O)O. The second-order valence-electron chi connectivity index (χ2n) is 7.34. The van der Waals surface area contributed by atoms with Crippen molar-refractivity contribution < 1.29 is 34.2 Å². The largest absolute Gasteiger partial charge is 0.481 e. The summed E-state index contributed by atoms with van der Waals surface area (Å²) in [6, 6.07) is -4.43. The molecule has 5 unspecified atom stereocenters. The molecule has 13 heteroatoms. The zero-order valence-electron chi connectivity index (χ0n) is 18.5. The number of aliphatic carboxylic acids is 2. The second kappa shape index (κ2) is 15.8. The van der Waals surface area contributed by atoms with Gasteiger partial charge in [0.25, 0.3) is 0 Å². The monoisotopic (exact) mass is 494 g/mol. The van der Waals surface area contributed by atoms with Crippen molar-refractivity contribution in [2.75, 3.05) is 17.8 Å². The number of hydrogen-bond acceptors (Lipinski definition) is 8. The van der Waals surface area contributed by atoms with Gasteiger partial charge in [0, 0.05) is 12.2 Å².